The second-order valence-corrected chi connectivity index (χ2v) is 17.3. The second-order valence-electron chi connectivity index (χ2n) is 8.19. The van der Waals surface area contributed by atoms with Crippen LogP contribution in [0.3, 0.4) is 0 Å². The summed E-state index contributed by atoms with van der Waals surface area (Å²) in [5.74, 6) is 5.24. The summed E-state index contributed by atoms with van der Waals surface area (Å²) in [5, 5.41) is 0. The van der Waals surface area contributed by atoms with E-state index in [1.165, 1.54) is 6.42 Å². The molecule has 0 amide bonds. The van der Waals surface area contributed by atoms with Gasteiger partial charge in [-0.15, -0.1) is 0 Å². The summed E-state index contributed by atoms with van der Waals surface area (Å²) in [6, 6.07) is 0. The van der Waals surface area contributed by atoms with Crippen molar-refractivity contribution in [1.29, 1.82) is 0 Å². The summed E-state index contributed by atoms with van der Waals surface area (Å²) in [7, 11) is 0. The van der Waals surface area contributed by atoms with E-state index in [9.17, 15) is 0 Å². The Morgan fingerprint density at radius 1 is 0.762 bits per heavy atom. The predicted octanol–water partition coefficient (Wildman–Crippen LogP) is 6.52. The molecule has 0 saturated heterocycles. The Morgan fingerprint density at radius 2 is 1.29 bits per heavy atom. The molecule has 0 nitrogen and oxygen atoms in total. The Bertz CT molecular complexity index is 631. The van der Waals surface area contributed by atoms with Gasteiger partial charge in [-0.05, 0) is 0 Å². The molecule has 1 heteroatoms. The van der Waals surface area contributed by atoms with Gasteiger partial charge in [-0.3, -0.25) is 0 Å². The van der Waals surface area contributed by atoms with E-state index in [1.54, 1.807) is 33.4 Å². The van der Waals surface area contributed by atoms with E-state index >= 15 is 0 Å². The third-order valence-electron chi connectivity index (χ3n) is 6.54. The molecule has 0 spiro atoms. The zero-order chi connectivity index (χ0) is 16.3. The van der Waals surface area contributed by atoms with Crippen LogP contribution in [0.4, 0.5) is 0 Å². The fraction of sp³-hybridized carbons (Fsp3) is 0.600. The molecule has 2 rings (SSSR count). The van der Waals surface area contributed by atoms with Gasteiger partial charge in [-0.25, -0.2) is 0 Å². The topological polar surface area (TPSA) is 0 Å². The molecule has 0 N–H and O–H groups in total. The van der Waals surface area contributed by atoms with Gasteiger partial charge >= 0.3 is 134 Å². The van der Waals surface area contributed by atoms with E-state index in [0.29, 0.717) is 0 Å². The Labute approximate surface area is 134 Å². The van der Waals surface area contributed by atoms with Crippen LogP contribution in [0.25, 0.3) is 0 Å². The van der Waals surface area contributed by atoms with Crippen LogP contribution < -0.4 is 0 Å². The molecule has 2 aliphatic carbocycles. The molecule has 21 heavy (non-hydrogen) atoms. The van der Waals surface area contributed by atoms with Crippen LogP contribution in [0.15, 0.2) is 42.2 Å². The molecule has 0 saturated carbocycles. The van der Waals surface area contributed by atoms with Gasteiger partial charge in [0.25, 0.3) is 0 Å². The first-order valence-electron chi connectivity index (χ1n) is 8.21. The first-order chi connectivity index (χ1) is 9.44. The molecular weight excluding hydrogens is 313 g/mol. The van der Waals surface area contributed by atoms with Gasteiger partial charge in [-0.1, -0.05) is 0 Å². The molecule has 0 bridgehead atoms. The molecule has 0 aromatic carbocycles. The molecule has 0 aliphatic heterocycles. The maximum absolute atomic E-state index is 2.62. The zero-order valence-electron chi connectivity index (χ0n) is 15.7. The summed E-state index contributed by atoms with van der Waals surface area (Å²) in [4.78, 5) is 0. The van der Waals surface area contributed by atoms with Crippen LogP contribution >= 0.6 is 0 Å². The molecular formula is C20H32Ge. The summed E-state index contributed by atoms with van der Waals surface area (Å²) in [5.41, 5.74) is 9.75. The van der Waals surface area contributed by atoms with Gasteiger partial charge < -0.3 is 0 Å². The zero-order valence-corrected chi connectivity index (χ0v) is 17.8. The van der Waals surface area contributed by atoms with Crippen LogP contribution in [0.1, 0.15) is 61.8 Å². The fourth-order valence-corrected chi connectivity index (χ4v) is 15.3. The average molecular weight is 345 g/mol. The normalized spacial score (nSPS) is 23.1. The Hall–Kier alpha value is -0.497. The Kier molecular flexibility index (Phi) is 4.02. The van der Waals surface area contributed by atoms with Crippen molar-refractivity contribution >= 4 is 13.3 Å². The quantitative estimate of drug-likeness (QED) is 0.500. The SMILES string of the molecule is CC1=C(C)C(C)=[C]([Ge]([CH3])([CH3])[C]2=C(C)C(C)=C(C)C2(C)C)C1. The molecule has 0 unspecified atom stereocenters. The molecule has 0 aromatic rings. The van der Waals surface area contributed by atoms with E-state index in [-0.39, 0.29) is 5.41 Å². The molecule has 0 radical (unpaired) electrons. The third kappa shape index (κ3) is 2.25. The summed E-state index contributed by atoms with van der Waals surface area (Å²) in [6.07, 6.45) is 1.23. The van der Waals surface area contributed by atoms with E-state index < -0.39 is 13.3 Å². The monoisotopic (exact) mass is 346 g/mol. The minimum atomic E-state index is -2.19. The van der Waals surface area contributed by atoms with Crippen LogP contribution in [-0.2, 0) is 0 Å². The molecule has 116 valence electrons. The van der Waals surface area contributed by atoms with Crippen molar-refractivity contribution in [2.75, 3.05) is 0 Å². The van der Waals surface area contributed by atoms with Gasteiger partial charge in [0.15, 0.2) is 0 Å². The second kappa shape index (κ2) is 5.01. The molecule has 2 aliphatic rings. The van der Waals surface area contributed by atoms with Crippen molar-refractivity contribution in [2.45, 2.75) is 73.3 Å². The van der Waals surface area contributed by atoms with Crippen LogP contribution in [0.5, 0.6) is 0 Å². The molecule has 0 atom stereocenters. The van der Waals surface area contributed by atoms with Crippen LogP contribution in [0.2, 0.25) is 11.5 Å². The first kappa shape index (κ1) is 16.9. The van der Waals surface area contributed by atoms with Crippen molar-refractivity contribution < 1.29 is 0 Å². The van der Waals surface area contributed by atoms with Crippen molar-refractivity contribution in [3.8, 4) is 0 Å². The van der Waals surface area contributed by atoms with Crippen molar-refractivity contribution in [1.82, 2.24) is 0 Å². The van der Waals surface area contributed by atoms with Crippen LogP contribution in [-0.4, -0.2) is 13.3 Å². The van der Waals surface area contributed by atoms with Crippen molar-refractivity contribution in [3.05, 3.63) is 42.2 Å². The van der Waals surface area contributed by atoms with E-state index in [4.69, 9.17) is 0 Å². The van der Waals surface area contributed by atoms with E-state index in [0.717, 1.165) is 0 Å². The van der Waals surface area contributed by atoms with Gasteiger partial charge in [0, 0.05) is 0 Å². The average Bonchev–Trinajstić information content (AvgIpc) is 2.71. The standard InChI is InChI=1S/C20H32Ge/c1-12-11-18(15(4)13(12)2)21(9,10)19-16(5)14(3)17(6)20(19,7)8/h11H2,1-10H3. The van der Waals surface area contributed by atoms with Crippen LogP contribution in [0, 0.1) is 5.41 Å². The molecule has 0 aromatic heterocycles. The predicted molar refractivity (Wildman–Crippen MR) is 98.0 cm³/mol. The summed E-state index contributed by atoms with van der Waals surface area (Å²) >= 11 is -2.19. The van der Waals surface area contributed by atoms with Gasteiger partial charge in [0.2, 0.25) is 0 Å². The maximum atomic E-state index is 2.62. The first-order valence-corrected chi connectivity index (χ1v) is 14.5. The number of rotatable bonds is 2. The number of allylic oxidation sites excluding steroid dienone is 8. The van der Waals surface area contributed by atoms with Gasteiger partial charge in [-0.2, -0.15) is 0 Å². The minimum absolute atomic E-state index is 0.259. The van der Waals surface area contributed by atoms with E-state index in [1.807, 2.05) is 8.81 Å². The van der Waals surface area contributed by atoms with Gasteiger partial charge in [0.05, 0.1) is 0 Å². The third-order valence-corrected chi connectivity index (χ3v) is 15.6. The summed E-state index contributed by atoms with van der Waals surface area (Å²) < 4.78 is 3.63. The Morgan fingerprint density at radius 3 is 1.62 bits per heavy atom. The van der Waals surface area contributed by atoms with E-state index in [2.05, 4.69) is 66.9 Å². The number of hydrogen-bond acceptors (Lipinski definition) is 0. The summed E-state index contributed by atoms with van der Waals surface area (Å²) in [6.45, 7) is 18.9. The van der Waals surface area contributed by atoms with Crippen molar-refractivity contribution in [2.24, 2.45) is 5.41 Å². The van der Waals surface area contributed by atoms with Gasteiger partial charge in [0.1, 0.15) is 0 Å². The molecule has 0 fully saturated rings. The fourth-order valence-electron chi connectivity index (χ4n) is 4.76. The Balaban J connectivity index is 2.59. The molecule has 0 heterocycles. The van der Waals surface area contributed by atoms with Crippen molar-refractivity contribution in [3.63, 3.8) is 0 Å². The number of hydrogen-bond donors (Lipinski definition) is 0.